The van der Waals surface area contributed by atoms with Gasteiger partial charge in [-0.1, -0.05) is 30.3 Å². The summed E-state index contributed by atoms with van der Waals surface area (Å²) in [4.78, 5) is 19.7. The lowest BCUT2D eigenvalue weighted by atomic mass is 10.1. The van der Waals surface area contributed by atoms with Crippen molar-refractivity contribution in [3.05, 3.63) is 82.8 Å². The Balaban J connectivity index is 1.34. The Morgan fingerprint density at radius 2 is 1.88 bits per heavy atom. The molecule has 1 aliphatic rings. The molecular weight excluding hydrogens is 412 g/mol. The van der Waals surface area contributed by atoms with Gasteiger partial charge in [0.25, 0.3) is 0 Å². The van der Waals surface area contributed by atoms with Gasteiger partial charge >= 0.3 is 0 Å². The van der Waals surface area contributed by atoms with Crippen LogP contribution in [0.25, 0.3) is 5.65 Å². The second kappa shape index (κ2) is 8.40. The van der Waals surface area contributed by atoms with E-state index >= 15 is 0 Å². The third-order valence-corrected chi connectivity index (χ3v) is 6.29. The number of benzene rings is 2. The molecule has 3 heterocycles. The second-order valence-corrected chi connectivity index (χ2v) is 8.26. The van der Waals surface area contributed by atoms with Gasteiger partial charge in [-0.2, -0.15) is 10.4 Å². The van der Waals surface area contributed by atoms with Crippen molar-refractivity contribution in [2.24, 2.45) is 0 Å². The van der Waals surface area contributed by atoms with Gasteiger partial charge in [-0.25, -0.2) is 9.50 Å². The maximum Gasteiger partial charge on any atom is 0.224 e. The maximum absolute atomic E-state index is 12.9. The number of amides is 1. The van der Waals surface area contributed by atoms with Gasteiger partial charge < -0.3 is 10.2 Å². The third kappa shape index (κ3) is 3.70. The lowest BCUT2D eigenvalue weighted by molar-refractivity contribution is -0.116. The molecule has 0 unspecified atom stereocenters. The van der Waals surface area contributed by atoms with E-state index in [0.29, 0.717) is 24.1 Å². The van der Waals surface area contributed by atoms with Crippen molar-refractivity contribution in [3.8, 4) is 6.07 Å². The first-order valence-electron chi connectivity index (χ1n) is 11.0. The largest absolute Gasteiger partial charge is 0.339 e. The lowest BCUT2D eigenvalue weighted by Crippen LogP contribution is -2.19. The summed E-state index contributed by atoms with van der Waals surface area (Å²) < 4.78 is 1.68. The molecule has 164 valence electrons. The minimum atomic E-state index is -0.0491. The lowest BCUT2D eigenvalue weighted by Gasteiger charge is -2.23. The van der Waals surface area contributed by atoms with Crippen LogP contribution in [0.3, 0.4) is 0 Å². The van der Waals surface area contributed by atoms with Crippen molar-refractivity contribution in [3.63, 3.8) is 0 Å². The summed E-state index contributed by atoms with van der Waals surface area (Å²) in [6.45, 7) is 4.75. The molecule has 0 saturated heterocycles. The average molecular weight is 437 g/mol. The van der Waals surface area contributed by atoms with E-state index in [0.717, 1.165) is 41.3 Å². The molecule has 0 radical (unpaired) electrons. The molecule has 7 heteroatoms. The molecule has 7 nitrogen and oxygen atoms in total. The number of nitrogens with one attached hydrogen (secondary N) is 1. The molecule has 2 aromatic heterocycles. The zero-order valence-electron chi connectivity index (χ0n) is 18.7. The summed E-state index contributed by atoms with van der Waals surface area (Å²) in [6.07, 6.45) is 3.39. The van der Waals surface area contributed by atoms with Gasteiger partial charge in [0.1, 0.15) is 11.6 Å². The van der Waals surface area contributed by atoms with Gasteiger partial charge in [0.05, 0.1) is 17.6 Å². The van der Waals surface area contributed by atoms with Crippen molar-refractivity contribution in [1.82, 2.24) is 14.6 Å². The van der Waals surface area contributed by atoms with Crippen LogP contribution in [0.1, 0.15) is 34.5 Å². The van der Waals surface area contributed by atoms with E-state index in [1.54, 1.807) is 4.52 Å². The van der Waals surface area contributed by atoms with Gasteiger partial charge in [-0.15, -0.1) is 0 Å². The zero-order valence-corrected chi connectivity index (χ0v) is 18.7. The van der Waals surface area contributed by atoms with Crippen LogP contribution in [0, 0.1) is 25.2 Å². The zero-order chi connectivity index (χ0) is 22.9. The molecule has 0 bridgehead atoms. The van der Waals surface area contributed by atoms with Crippen LogP contribution in [-0.2, 0) is 17.6 Å². The first-order valence-corrected chi connectivity index (χ1v) is 11.0. The quantitative estimate of drug-likeness (QED) is 0.498. The van der Waals surface area contributed by atoms with E-state index in [-0.39, 0.29) is 5.91 Å². The number of carbonyl (C=O) groups is 1. The highest BCUT2D eigenvalue weighted by atomic mass is 16.1. The van der Waals surface area contributed by atoms with Gasteiger partial charge in [-0.05, 0) is 56.0 Å². The van der Waals surface area contributed by atoms with Crippen LogP contribution in [0.5, 0.6) is 0 Å². The maximum atomic E-state index is 12.9. The molecule has 1 N–H and O–H groups in total. The highest BCUT2D eigenvalue weighted by Crippen LogP contribution is 2.38. The summed E-state index contributed by atoms with van der Waals surface area (Å²) in [7, 11) is 0. The minimum absolute atomic E-state index is 0.0491. The van der Waals surface area contributed by atoms with Crippen molar-refractivity contribution in [1.29, 1.82) is 5.26 Å². The highest BCUT2D eigenvalue weighted by molar-refractivity contribution is 5.95. The molecular formula is C26H24N6O. The van der Waals surface area contributed by atoms with Gasteiger partial charge in [0, 0.05) is 30.0 Å². The van der Waals surface area contributed by atoms with Crippen molar-refractivity contribution in [2.45, 2.75) is 33.1 Å². The molecule has 33 heavy (non-hydrogen) atoms. The van der Waals surface area contributed by atoms with Crippen LogP contribution in [0.4, 0.5) is 17.1 Å². The number of hydrogen-bond acceptors (Lipinski definition) is 5. The number of nitriles is 1. The Labute approximate surface area is 192 Å². The molecule has 0 saturated carbocycles. The van der Waals surface area contributed by atoms with Crippen LogP contribution >= 0.6 is 0 Å². The Bertz CT molecular complexity index is 1410. The highest BCUT2D eigenvalue weighted by Gasteiger charge is 2.22. The molecule has 1 aliphatic heterocycles. The Morgan fingerprint density at radius 3 is 2.70 bits per heavy atom. The van der Waals surface area contributed by atoms with Crippen LogP contribution in [-0.4, -0.2) is 27.0 Å². The molecule has 0 atom stereocenters. The Kier molecular flexibility index (Phi) is 5.27. The van der Waals surface area contributed by atoms with E-state index in [1.165, 1.54) is 17.4 Å². The monoisotopic (exact) mass is 436 g/mol. The standard InChI is InChI=1S/C26H24N6O/c1-17-21(18(2)32-26(29-17)20(15-27)16-28-32)11-12-25(33)30-22-8-4-6-10-24(22)31-14-13-19-7-3-5-9-23(19)31/h3-10,16H,11-14H2,1-2H3,(H,30,33). The van der Waals surface area contributed by atoms with Crippen molar-refractivity contribution < 1.29 is 4.79 Å². The average Bonchev–Trinajstić information content (AvgIpc) is 3.43. The molecule has 1 amide bonds. The fourth-order valence-electron chi connectivity index (χ4n) is 4.61. The fourth-order valence-corrected chi connectivity index (χ4v) is 4.61. The smallest absolute Gasteiger partial charge is 0.224 e. The SMILES string of the molecule is Cc1nc2c(C#N)cnn2c(C)c1CCC(=O)Nc1ccccc1N1CCc2ccccc21. The summed E-state index contributed by atoms with van der Waals surface area (Å²) in [5.41, 5.74) is 8.04. The van der Waals surface area contributed by atoms with Crippen molar-refractivity contribution >= 4 is 28.6 Å². The van der Waals surface area contributed by atoms with Crippen LogP contribution in [0.2, 0.25) is 0 Å². The van der Waals surface area contributed by atoms with E-state index in [9.17, 15) is 10.1 Å². The van der Waals surface area contributed by atoms with Gasteiger partial charge in [0.2, 0.25) is 5.91 Å². The molecule has 5 rings (SSSR count). The van der Waals surface area contributed by atoms with E-state index in [1.807, 2.05) is 44.2 Å². The van der Waals surface area contributed by atoms with Crippen LogP contribution in [0.15, 0.2) is 54.7 Å². The number of carbonyl (C=O) groups excluding carboxylic acids is 1. The van der Waals surface area contributed by atoms with Gasteiger partial charge in [0.15, 0.2) is 5.65 Å². The summed E-state index contributed by atoms with van der Waals surface area (Å²) in [6, 6.07) is 18.5. The number of hydrogen-bond donors (Lipinski definition) is 1. The topological polar surface area (TPSA) is 86.3 Å². The summed E-state index contributed by atoms with van der Waals surface area (Å²) in [5, 5.41) is 16.6. The molecule has 0 aliphatic carbocycles. The predicted molar refractivity (Wildman–Crippen MR) is 128 cm³/mol. The number of rotatable bonds is 5. The minimum Gasteiger partial charge on any atom is -0.339 e. The van der Waals surface area contributed by atoms with E-state index in [2.05, 4.69) is 44.6 Å². The number of para-hydroxylation sites is 3. The normalized spacial score (nSPS) is 12.6. The first kappa shape index (κ1) is 20.7. The third-order valence-electron chi connectivity index (χ3n) is 6.29. The predicted octanol–water partition coefficient (Wildman–Crippen LogP) is 4.48. The first-order chi connectivity index (χ1) is 16.1. The molecule has 2 aromatic carbocycles. The van der Waals surface area contributed by atoms with Crippen molar-refractivity contribution in [2.75, 3.05) is 16.8 Å². The number of anilines is 3. The summed E-state index contributed by atoms with van der Waals surface area (Å²) in [5.74, 6) is -0.0491. The Hall–Kier alpha value is -4.18. The molecule has 4 aromatic rings. The summed E-state index contributed by atoms with van der Waals surface area (Å²) >= 11 is 0. The number of nitrogens with zero attached hydrogens (tertiary/aromatic N) is 5. The second-order valence-electron chi connectivity index (χ2n) is 8.26. The van der Waals surface area contributed by atoms with Crippen LogP contribution < -0.4 is 10.2 Å². The van der Waals surface area contributed by atoms with E-state index in [4.69, 9.17) is 0 Å². The van der Waals surface area contributed by atoms with E-state index < -0.39 is 0 Å². The number of aryl methyl sites for hydroxylation is 2. The van der Waals surface area contributed by atoms with Gasteiger partial charge in [-0.3, -0.25) is 4.79 Å². The number of fused-ring (bicyclic) bond motifs is 2. The Morgan fingerprint density at radius 1 is 1.12 bits per heavy atom. The fraction of sp³-hybridized carbons (Fsp3) is 0.231. The molecule has 0 spiro atoms. The molecule has 0 fully saturated rings. The number of aromatic nitrogens is 3.